The molecule has 3 aliphatic heterocycles. The largest absolute Gasteiger partial charge is 0.310 e. The van der Waals surface area contributed by atoms with E-state index in [0.717, 1.165) is 84.8 Å². The Morgan fingerprint density at radius 1 is 0.243 bits per heavy atom. The summed E-state index contributed by atoms with van der Waals surface area (Å²) < 4.78 is 0. The summed E-state index contributed by atoms with van der Waals surface area (Å²) in [5, 5.41) is 0. The van der Waals surface area contributed by atoms with Crippen molar-refractivity contribution in [2.45, 2.75) is 5.41 Å². The first kappa shape index (κ1) is 38.8. The first-order valence-electron chi connectivity index (χ1n) is 24.0. The van der Waals surface area contributed by atoms with Crippen LogP contribution in [0.15, 0.2) is 249 Å². The number of hydrogen-bond acceptors (Lipinski definition) is 5. The molecule has 0 amide bonds. The minimum absolute atomic E-state index is 0.836. The van der Waals surface area contributed by atoms with Gasteiger partial charge in [-0.3, -0.25) is 9.97 Å². The summed E-state index contributed by atoms with van der Waals surface area (Å²) in [5.74, 6) is 0. The molecule has 4 aliphatic rings. The van der Waals surface area contributed by atoms with Crippen molar-refractivity contribution in [3.8, 4) is 55.9 Å². The van der Waals surface area contributed by atoms with E-state index in [1.807, 2.05) is 12.4 Å². The van der Waals surface area contributed by atoms with Gasteiger partial charge >= 0.3 is 0 Å². The highest BCUT2D eigenvalue weighted by atomic mass is 15.2. The standard InChI is InChI=1S/C65H41N5/c1-2-18-42(19-3-1)68-61-36-34-43(69-57-30-12-8-24-49(57)45-20-4-5-21-46(45)50-25-9-13-31-58(50)69)40-55(61)65(53-28-16-38-66-63(53)64-54(65)29-17-39-67-64)56-41-44(35-37-62(56)68)70-59-32-14-10-26-51(59)47-22-6-7-23-48(47)52-27-11-15-33-60(52)70/h1-41H. The van der Waals surface area contributed by atoms with Gasteiger partial charge in [-0.05, 0) is 129 Å². The van der Waals surface area contributed by atoms with Crippen LogP contribution in [0, 0.1) is 0 Å². The summed E-state index contributed by atoms with van der Waals surface area (Å²) >= 11 is 0. The van der Waals surface area contributed by atoms with Gasteiger partial charge in [0.15, 0.2) is 0 Å². The maximum Gasteiger partial charge on any atom is 0.0937 e. The van der Waals surface area contributed by atoms with Crippen LogP contribution in [0.4, 0.5) is 51.2 Å². The van der Waals surface area contributed by atoms with Crippen LogP contribution in [0.2, 0.25) is 0 Å². The fraction of sp³-hybridized carbons (Fsp3) is 0.0154. The summed E-state index contributed by atoms with van der Waals surface area (Å²) in [5.41, 5.74) is 25.0. The zero-order valence-electron chi connectivity index (χ0n) is 37.9. The Kier molecular flexibility index (Phi) is 8.21. The van der Waals surface area contributed by atoms with E-state index < -0.39 is 5.41 Å². The van der Waals surface area contributed by atoms with Gasteiger partial charge < -0.3 is 14.7 Å². The lowest BCUT2D eigenvalue weighted by atomic mass is 9.64. The average molecular weight is 892 g/mol. The minimum atomic E-state index is -0.836. The molecule has 11 aromatic rings. The van der Waals surface area contributed by atoms with Crippen LogP contribution >= 0.6 is 0 Å². The number of hydrogen-bond donors (Lipinski definition) is 0. The Morgan fingerprint density at radius 2 is 0.571 bits per heavy atom. The third-order valence-corrected chi connectivity index (χ3v) is 15.0. The molecular formula is C65H41N5. The lowest BCUT2D eigenvalue weighted by Crippen LogP contribution is -2.36. The lowest BCUT2D eigenvalue weighted by molar-refractivity contribution is 0.749. The van der Waals surface area contributed by atoms with Crippen LogP contribution in [-0.4, -0.2) is 9.97 Å². The van der Waals surface area contributed by atoms with Gasteiger partial charge in [-0.1, -0.05) is 152 Å². The molecule has 5 heterocycles. The Labute approximate surface area is 406 Å². The Bertz CT molecular complexity index is 3580. The van der Waals surface area contributed by atoms with Crippen molar-refractivity contribution in [3.63, 3.8) is 0 Å². The number of aromatic nitrogens is 2. The molecule has 326 valence electrons. The van der Waals surface area contributed by atoms with Gasteiger partial charge in [-0.25, -0.2) is 0 Å². The highest BCUT2D eigenvalue weighted by molar-refractivity contribution is 6.05. The Balaban J connectivity index is 1.06. The van der Waals surface area contributed by atoms with Crippen LogP contribution in [0.1, 0.15) is 22.3 Å². The summed E-state index contributed by atoms with van der Waals surface area (Å²) in [6.07, 6.45) is 3.82. The van der Waals surface area contributed by atoms with Crippen molar-refractivity contribution in [1.29, 1.82) is 0 Å². The zero-order chi connectivity index (χ0) is 45.9. The summed E-state index contributed by atoms with van der Waals surface area (Å²) in [6.45, 7) is 0. The van der Waals surface area contributed by atoms with Crippen molar-refractivity contribution in [2.24, 2.45) is 0 Å². The molecule has 0 unspecified atom stereocenters. The molecule has 0 fully saturated rings. The molecule has 0 N–H and O–H groups in total. The molecule has 0 radical (unpaired) electrons. The van der Waals surface area contributed by atoms with Gasteiger partial charge in [0, 0.05) is 51.7 Å². The first-order chi connectivity index (χ1) is 34.8. The molecule has 1 aliphatic carbocycles. The van der Waals surface area contributed by atoms with Crippen LogP contribution < -0.4 is 14.7 Å². The summed E-state index contributed by atoms with van der Waals surface area (Å²) in [7, 11) is 0. The van der Waals surface area contributed by atoms with E-state index in [-0.39, 0.29) is 0 Å². The fourth-order valence-corrected chi connectivity index (χ4v) is 12.3. The average Bonchev–Trinajstić information content (AvgIpc) is 3.57. The number of rotatable bonds is 3. The lowest BCUT2D eigenvalue weighted by Gasteiger charge is -2.45. The van der Waals surface area contributed by atoms with Crippen molar-refractivity contribution < 1.29 is 0 Å². The van der Waals surface area contributed by atoms with E-state index >= 15 is 0 Å². The number of nitrogens with zero attached hydrogens (tertiary/aromatic N) is 5. The molecule has 5 nitrogen and oxygen atoms in total. The molecule has 0 bridgehead atoms. The molecule has 0 saturated carbocycles. The highest BCUT2D eigenvalue weighted by Crippen LogP contribution is 2.65. The van der Waals surface area contributed by atoms with Crippen molar-refractivity contribution in [2.75, 3.05) is 14.7 Å². The van der Waals surface area contributed by atoms with E-state index in [9.17, 15) is 0 Å². The number of pyridine rings is 2. The second kappa shape index (κ2) is 14.8. The SMILES string of the molecule is c1ccc(N2c3ccc(N4c5ccccc5-c5ccccc5-c5ccccc54)cc3C3(c4cc(N5c6ccccc6-c6ccccc6-c6ccccc65)ccc42)c2cccnc2-c2ncccc23)cc1. The Morgan fingerprint density at radius 3 is 0.957 bits per heavy atom. The minimum Gasteiger partial charge on any atom is -0.310 e. The first-order valence-corrected chi connectivity index (χ1v) is 24.0. The van der Waals surface area contributed by atoms with Crippen molar-refractivity contribution in [3.05, 3.63) is 271 Å². The maximum absolute atomic E-state index is 5.19. The maximum atomic E-state index is 5.19. The van der Waals surface area contributed by atoms with Crippen LogP contribution in [0.3, 0.4) is 0 Å². The molecule has 5 heteroatoms. The van der Waals surface area contributed by atoms with Gasteiger partial charge in [0.2, 0.25) is 0 Å². The van der Waals surface area contributed by atoms with Gasteiger partial charge in [0.05, 0.1) is 50.9 Å². The molecule has 2 aromatic heterocycles. The molecule has 15 rings (SSSR count). The highest BCUT2D eigenvalue weighted by Gasteiger charge is 2.53. The third kappa shape index (κ3) is 5.26. The third-order valence-electron chi connectivity index (χ3n) is 15.0. The van der Waals surface area contributed by atoms with E-state index in [4.69, 9.17) is 9.97 Å². The quantitative estimate of drug-likeness (QED) is 0.177. The number of anilines is 9. The number of benzene rings is 9. The molecule has 9 aromatic carbocycles. The number of para-hydroxylation sites is 5. The molecule has 0 saturated heterocycles. The molecule has 0 atom stereocenters. The van der Waals surface area contributed by atoms with E-state index in [2.05, 4.69) is 251 Å². The van der Waals surface area contributed by atoms with Crippen molar-refractivity contribution in [1.82, 2.24) is 9.97 Å². The fourth-order valence-electron chi connectivity index (χ4n) is 12.3. The van der Waals surface area contributed by atoms with Crippen LogP contribution in [0.25, 0.3) is 55.9 Å². The summed E-state index contributed by atoms with van der Waals surface area (Å²) in [6, 6.07) is 86.9. The monoisotopic (exact) mass is 891 g/mol. The van der Waals surface area contributed by atoms with Crippen molar-refractivity contribution >= 4 is 51.2 Å². The van der Waals surface area contributed by atoms with Crippen LogP contribution in [0.5, 0.6) is 0 Å². The van der Waals surface area contributed by atoms with Gasteiger partial charge in [0.25, 0.3) is 0 Å². The molecular weight excluding hydrogens is 851 g/mol. The Hall–Kier alpha value is -9.32. The second-order valence-corrected chi connectivity index (χ2v) is 18.5. The van der Waals surface area contributed by atoms with Gasteiger partial charge in [-0.15, -0.1) is 0 Å². The van der Waals surface area contributed by atoms with E-state index in [1.54, 1.807) is 0 Å². The smallest absolute Gasteiger partial charge is 0.0937 e. The summed E-state index contributed by atoms with van der Waals surface area (Å²) in [4.78, 5) is 17.8. The normalized spacial score (nSPS) is 13.7. The molecule has 70 heavy (non-hydrogen) atoms. The van der Waals surface area contributed by atoms with E-state index in [0.29, 0.717) is 0 Å². The van der Waals surface area contributed by atoms with Crippen LogP contribution in [-0.2, 0) is 5.41 Å². The zero-order valence-corrected chi connectivity index (χ0v) is 37.9. The molecule has 1 spiro atoms. The second-order valence-electron chi connectivity index (χ2n) is 18.5. The predicted molar refractivity (Wildman–Crippen MR) is 286 cm³/mol. The van der Waals surface area contributed by atoms with Gasteiger partial charge in [0.1, 0.15) is 0 Å². The number of fused-ring (bicyclic) bond motifs is 19. The van der Waals surface area contributed by atoms with Gasteiger partial charge in [-0.2, -0.15) is 0 Å². The van der Waals surface area contributed by atoms with E-state index in [1.165, 1.54) is 44.5 Å². The predicted octanol–water partition coefficient (Wildman–Crippen LogP) is 16.9. The topological polar surface area (TPSA) is 35.5 Å².